The first kappa shape index (κ1) is 19.8. The Morgan fingerprint density at radius 1 is 1.19 bits per heavy atom. The molecule has 8 heteroatoms. The molecule has 0 radical (unpaired) electrons. The first-order valence-electron chi connectivity index (χ1n) is 7.82. The molecule has 0 bridgehead atoms. The Morgan fingerprint density at radius 3 is 2.50 bits per heavy atom. The number of nitrogens with zero attached hydrogens (tertiary/aromatic N) is 2. The molecule has 1 aromatic carbocycles. The molecule has 0 unspecified atom stereocenters. The molecule has 1 aromatic heterocycles. The Kier molecular flexibility index (Phi) is 7.45. The molecule has 0 atom stereocenters. The van der Waals surface area contributed by atoms with Gasteiger partial charge in [-0.1, -0.05) is 11.6 Å². The van der Waals surface area contributed by atoms with Crippen LogP contribution in [0, 0.1) is 11.3 Å². The van der Waals surface area contributed by atoms with E-state index in [0.29, 0.717) is 28.7 Å². The van der Waals surface area contributed by atoms with Gasteiger partial charge in [-0.3, -0.25) is 4.79 Å². The maximum absolute atomic E-state index is 12.2. The highest BCUT2D eigenvalue weighted by molar-refractivity contribution is 7.16. The van der Waals surface area contributed by atoms with E-state index in [1.807, 2.05) is 19.1 Å². The maximum Gasteiger partial charge on any atom is 0.344 e. The molecule has 2 aromatic rings. The quantitative estimate of drug-likeness (QED) is 0.644. The van der Waals surface area contributed by atoms with Crippen LogP contribution in [0.15, 0.2) is 36.4 Å². The average Bonchev–Trinajstić information content (AvgIpc) is 3.07. The van der Waals surface area contributed by atoms with E-state index in [1.54, 1.807) is 35.2 Å². The third kappa shape index (κ3) is 6.06. The highest BCUT2D eigenvalue weighted by Crippen LogP contribution is 2.22. The van der Waals surface area contributed by atoms with Crippen molar-refractivity contribution in [2.75, 3.05) is 19.8 Å². The van der Waals surface area contributed by atoms with E-state index >= 15 is 0 Å². The minimum atomic E-state index is -0.641. The fraction of sp³-hybridized carbons (Fsp3) is 0.278. The van der Waals surface area contributed by atoms with Crippen LogP contribution in [0.3, 0.4) is 0 Å². The van der Waals surface area contributed by atoms with E-state index in [2.05, 4.69) is 0 Å². The van der Waals surface area contributed by atoms with E-state index in [-0.39, 0.29) is 19.1 Å². The van der Waals surface area contributed by atoms with Gasteiger partial charge in [0.1, 0.15) is 5.75 Å². The monoisotopic (exact) mass is 392 g/mol. The summed E-state index contributed by atoms with van der Waals surface area (Å²) in [7, 11) is 0. The lowest BCUT2D eigenvalue weighted by molar-refractivity contribution is -0.153. The van der Waals surface area contributed by atoms with Gasteiger partial charge in [0.2, 0.25) is 0 Å². The summed E-state index contributed by atoms with van der Waals surface area (Å²) in [6, 6.07) is 12.0. The molecular formula is C18H17ClN2O4S. The number of esters is 1. The van der Waals surface area contributed by atoms with E-state index < -0.39 is 5.97 Å². The lowest BCUT2D eigenvalue weighted by Gasteiger charge is -2.19. The maximum atomic E-state index is 12.2. The average molecular weight is 393 g/mol. The molecule has 0 aliphatic rings. The Bertz CT molecular complexity index is 798. The Morgan fingerprint density at radius 2 is 1.92 bits per heavy atom. The van der Waals surface area contributed by atoms with Crippen molar-refractivity contribution in [1.29, 1.82) is 5.26 Å². The van der Waals surface area contributed by atoms with E-state index in [1.165, 1.54) is 11.3 Å². The number of likely N-dealkylation sites (N-methyl/N-ethyl adjacent to an activating group) is 1. The van der Waals surface area contributed by atoms with E-state index in [9.17, 15) is 9.59 Å². The Hall–Kier alpha value is -2.56. The predicted octanol–water partition coefficient (Wildman–Crippen LogP) is 3.24. The SMILES string of the molecule is CCN(Cc1ccc(Cl)s1)C(=O)COC(=O)COc1ccc(C#N)cc1. The second-order valence-corrected chi connectivity index (χ2v) is 7.00. The molecule has 26 heavy (non-hydrogen) atoms. The van der Waals surface area contributed by atoms with Gasteiger partial charge in [0.05, 0.1) is 22.5 Å². The summed E-state index contributed by atoms with van der Waals surface area (Å²) >= 11 is 7.29. The highest BCUT2D eigenvalue weighted by Gasteiger charge is 2.16. The van der Waals surface area contributed by atoms with Gasteiger partial charge in [-0.15, -0.1) is 11.3 Å². The molecule has 0 aliphatic carbocycles. The minimum Gasteiger partial charge on any atom is -0.482 e. The second-order valence-electron chi connectivity index (χ2n) is 5.20. The highest BCUT2D eigenvalue weighted by atomic mass is 35.5. The number of hydrogen-bond donors (Lipinski definition) is 0. The van der Waals surface area contributed by atoms with Gasteiger partial charge in [-0.05, 0) is 43.3 Å². The number of carbonyl (C=O) groups excluding carboxylic acids is 2. The van der Waals surface area contributed by atoms with Crippen LogP contribution in [0.4, 0.5) is 0 Å². The number of halogens is 1. The molecule has 6 nitrogen and oxygen atoms in total. The fourth-order valence-corrected chi connectivity index (χ4v) is 3.15. The molecule has 0 saturated carbocycles. The second kappa shape index (κ2) is 9.80. The Labute approximate surface area is 160 Å². The fourth-order valence-electron chi connectivity index (χ4n) is 2.04. The van der Waals surface area contributed by atoms with E-state index in [0.717, 1.165) is 4.88 Å². The molecule has 2 rings (SSSR count). The number of hydrogen-bond acceptors (Lipinski definition) is 6. The molecule has 0 fully saturated rings. The summed E-state index contributed by atoms with van der Waals surface area (Å²) in [5.74, 6) is -0.487. The normalized spacial score (nSPS) is 10.0. The topological polar surface area (TPSA) is 79.6 Å². The van der Waals surface area contributed by atoms with Crippen LogP contribution in [0.25, 0.3) is 0 Å². The molecule has 0 N–H and O–H groups in total. The van der Waals surface area contributed by atoms with Gasteiger partial charge in [0, 0.05) is 11.4 Å². The van der Waals surface area contributed by atoms with Crippen molar-refractivity contribution in [1.82, 2.24) is 4.90 Å². The van der Waals surface area contributed by atoms with Crippen LogP contribution >= 0.6 is 22.9 Å². The zero-order chi connectivity index (χ0) is 18.9. The molecule has 0 spiro atoms. The third-order valence-electron chi connectivity index (χ3n) is 3.41. The van der Waals surface area contributed by atoms with E-state index in [4.69, 9.17) is 26.3 Å². The molecule has 0 aliphatic heterocycles. The smallest absolute Gasteiger partial charge is 0.344 e. The van der Waals surface area contributed by atoms with Crippen LogP contribution in [0.1, 0.15) is 17.4 Å². The van der Waals surface area contributed by atoms with Gasteiger partial charge in [0.25, 0.3) is 5.91 Å². The summed E-state index contributed by atoms with van der Waals surface area (Å²) in [5.41, 5.74) is 0.497. The van der Waals surface area contributed by atoms with Crippen molar-refractivity contribution in [3.63, 3.8) is 0 Å². The zero-order valence-corrected chi connectivity index (χ0v) is 15.7. The number of rotatable bonds is 8. The van der Waals surface area contributed by atoms with Crippen molar-refractivity contribution >= 4 is 34.8 Å². The summed E-state index contributed by atoms with van der Waals surface area (Å²) < 4.78 is 10.9. The third-order valence-corrected chi connectivity index (χ3v) is 4.62. The first-order valence-corrected chi connectivity index (χ1v) is 9.02. The van der Waals surface area contributed by atoms with Crippen molar-refractivity contribution in [2.24, 2.45) is 0 Å². The van der Waals surface area contributed by atoms with Gasteiger partial charge in [-0.2, -0.15) is 5.26 Å². The van der Waals surface area contributed by atoms with Crippen LogP contribution in [-0.4, -0.2) is 36.5 Å². The van der Waals surface area contributed by atoms with Gasteiger partial charge < -0.3 is 14.4 Å². The molecule has 0 saturated heterocycles. The minimum absolute atomic E-state index is 0.288. The Balaban J connectivity index is 1.75. The lowest BCUT2D eigenvalue weighted by Crippen LogP contribution is -2.34. The van der Waals surface area contributed by atoms with Crippen molar-refractivity contribution in [3.8, 4) is 11.8 Å². The summed E-state index contributed by atoms with van der Waals surface area (Å²) in [5, 5.41) is 8.72. The first-order chi connectivity index (χ1) is 12.5. The largest absolute Gasteiger partial charge is 0.482 e. The lowest BCUT2D eigenvalue weighted by atomic mass is 10.2. The van der Waals surface area contributed by atoms with Crippen LogP contribution in [0.5, 0.6) is 5.75 Å². The molecule has 136 valence electrons. The van der Waals surface area contributed by atoms with Crippen LogP contribution < -0.4 is 4.74 Å². The number of carbonyl (C=O) groups is 2. The predicted molar refractivity (Wildman–Crippen MR) is 98.0 cm³/mol. The number of amides is 1. The van der Waals surface area contributed by atoms with Gasteiger partial charge in [-0.25, -0.2) is 4.79 Å². The number of benzene rings is 1. The number of ether oxygens (including phenoxy) is 2. The molecule has 1 heterocycles. The zero-order valence-electron chi connectivity index (χ0n) is 14.1. The number of thiophene rings is 1. The summed E-state index contributed by atoms with van der Waals surface area (Å²) in [4.78, 5) is 26.5. The van der Waals surface area contributed by atoms with Crippen LogP contribution in [-0.2, 0) is 20.9 Å². The van der Waals surface area contributed by atoms with Gasteiger partial charge in [0.15, 0.2) is 13.2 Å². The van der Waals surface area contributed by atoms with Crippen LogP contribution in [0.2, 0.25) is 4.34 Å². The van der Waals surface area contributed by atoms with Crippen molar-refractivity contribution < 1.29 is 19.1 Å². The summed E-state index contributed by atoms with van der Waals surface area (Å²) in [6.45, 7) is 2.11. The summed E-state index contributed by atoms with van der Waals surface area (Å²) in [6.07, 6.45) is 0. The van der Waals surface area contributed by atoms with Crippen molar-refractivity contribution in [2.45, 2.75) is 13.5 Å². The molecule has 1 amide bonds. The molecular weight excluding hydrogens is 376 g/mol. The van der Waals surface area contributed by atoms with Gasteiger partial charge >= 0.3 is 5.97 Å². The number of nitriles is 1. The standard InChI is InChI=1S/C18H17ClN2O4S/c1-2-21(10-15-7-8-16(19)26-15)17(22)11-25-18(23)12-24-14-5-3-13(9-20)4-6-14/h3-8H,2,10-12H2,1H3. The van der Waals surface area contributed by atoms with Crippen molar-refractivity contribution in [3.05, 3.63) is 51.2 Å².